The molecule has 3 fully saturated rings. The number of fused-ring (bicyclic) bond motifs is 1. The number of nitrogens with zero attached hydrogens (tertiary/aromatic N) is 6. The second-order valence-electron chi connectivity index (χ2n) is 8.40. The fraction of sp³-hybridized carbons (Fsp3) is 0.650. The van der Waals surface area contributed by atoms with E-state index < -0.39 is 0 Å². The molecule has 1 saturated carbocycles. The summed E-state index contributed by atoms with van der Waals surface area (Å²) in [4.78, 5) is 29.1. The number of rotatable bonds is 3. The molecule has 0 N–H and O–H groups in total. The zero-order valence-corrected chi connectivity index (χ0v) is 17.9. The summed E-state index contributed by atoms with van der Waals surface area (Å²) in [5.41, 5.74) is 1.41. The van der Waals surface area contributed by atoms with Gasteiger partial charge in [-0.1, -0.05) is 0 Å². The molecule has 0 unspecified atom stereocenters. The number of aromatic nitrogens is 3. The second-order valence-corrected chi connectivity index (χ2v) is 9.25. The van der Waals surface area contributed by atoms with Crippen molar-refractivity contribution in [3.63, 3.8) is 0 Å². The van der Waals surface area contributed by atoms with Crippen LogP contribution in [0.1, 0.15) is 42.2 Å². The predicted octanol–water partition coefficient (Wildman–Crippen LogP) is 2.38. The van der Waals surface area contributed by atoms with Crippen molar-refractivity contribution < 1.29 is 4.79 Å². The number of carbonyl (C=O) groups is 1. The minimum absolute atomic E-state index is 0.0403. The van der Waals surface area contributed by atoms with E-state index in [0.29, 0.717) is 17.8 Å². The van der Waals surface area contributed by atoms with Gasteiger partial charge in [-0.15, -0.1) is 0 Å². The lowest BCUT2D eigenvalue weighted by atomic mass is 10.0. The Kier molecular flexibility index (Phi) is 4.88. The topological polar surface area (TPSA) is 57.5 Å². The van der Waals surface area contributed by atoms with Crippen LogP contribution in [0.15, 0.2) is 17.0 Å². The van der Waals surface area contributed by atoms with Crippen molar-refractivity contribution in [1.29, 1.82) is 0 Å². The van der Waals surface area contributed by atoms with E-state index in [1.54, 1.807) is 0 Å². The number of hydrogen-bond acceptors (Lipinski definition) is 5. The maximum atomic E-state index is 13.3. The molecule has 2 aliphatic heterocycles. The Labute approximate surface area is 173 Å². The van der Waals surface area contributed by atoms with Crippen LogP contribution in [0.25, 0.3) is 11.0 Å². The number of hydrogen-bond donors (Lipinski definition) is 0. The molecule has 0 spiro atoms. The summed E-state index contributed by atoms with van der Waals surface area (Å²) in [7, 11) is 2.19. The van der Waals surface area contributed by atoms with Crippen molar-refractivity contribution in [2.75, 3.05) is 46.3 Å². The van der Waals surface area contributed by atoms with Gasteiger partial charge in [-0.25, -0.2) is 9.97 Å². The summed E-state index contributed by atoms with van der Waals surface area (Å²) in [6.07, 6.45) is 8.07. The average Bonchev–Trinajstić information content (AvgIpc) is 3.51. The highest BCUT2D eigenvalue weighted by Gasteiger charge is 2.32. The molecule has 2 aromatic heterocycles. The number of piperidine rings is 1. The quantitative estimate of drug-likeness (QED) is 0.724. The van der Waals surface area contributed by atoms with E-state index in [0.717, 1.165) is 67.6 Å². The van der Waals surface area contributed by atoms with Gasteiger partial charge in [0.1, 0.15) is 17.7 Å². The molecule has 1 aliphatic carbocycles. The molecule has 28 heavy (non-hydrogen) atoms. The van der Waals surface area contributed by atoms with Gasteiger partial charge in [0, 0.05) is 62.0 Å². The largest absolute Gasteiger partial charge is 0.337 e. The van der Waals surface area contributed by atoms with Crippen molar-refractivity contribution in [1.82, 2.24) is 29.2 Å². The lowest BCUT2D eigenvalue weighted by molar-refractivity contribution is 0.0516. The highest BCUT2D eigenvalue weighted by Crippen LogP contribution is 2.40. The zero-order valence-electron chi connectivity index (χ0n) is 16.3. The number of halogens is 1. The Morgan fingerprint density at radius 2 is 1.71 bits per heavy atom. The predicted molar refractivity (Wildman–Crippen MR) is 111 cm³/mol. The molecule has 2 aromatic rings. The van der Waals surface area contributed by atoms with E-state index in [1.807, 2.05) is 4.90 Å². The number of carbonyl (C=O) groups excluding carboxylic acids is 1. The van der Waals surface area contributed by atoms with Gasteiger partial charge in [-0.3, -0.25) is 9.69 Å². The first kappa shape index (κ1) is 18.5. The number of amides is 1. The van der Waals surface area contributed by atoms with E-state index in [2.05, 4.69) is 53.5 Å². The molecule has 2 saturated heterocycles. The first-order valence-electron chi connectivity index (χ1n) is 10.3. The van der Waals surface area contributed by atoms with Crippen LogP contribution in [0.5, 0.6) is 0 Å². The fourth-order valence-electron chi connectivity index (χ4n) is 4.60. The number of likely N-dealkylation sites (tertiary alicyclic amines) is 1. The van der Waals surface area contributed by atoms with Gasteiger partial charge in [-0.2, -0.15) is 0 Å². The Morgan fingerprint density at radius 1 is 1.00 bits per heavy atom. The molecule has 0 radical (unpaired) electrons. The molecule has 4 heterocycles. The minimum Gasteiger partial charge on any atom is -0.337 e. The number of piperazine rings is 1. The maximum absolute atomic E-state index is 13.3. The molecule has 5 rings (SSSR count). The molecule has 150 valence electrons. The molecule has 7 nitrogen and oxygen atoms in total. The van der Waals surface area contributed by atoms with Crippen LogP contribution < -0.4 is 0 Å². The molecule has 8 heteroatoms. The van der Waals surface area contributed by atoms with Crippen LogP contribution in [-0.4, -0.2) is 87.5 Å². The van der Waals surface area contributed by atoms with Crippen molar-refractivity contribution >= 4 is 32.9 Å². The lowest BCUT2D eigenvalue weighted by Crippen LogP contribution is -2.53. The van der Waals surface area contributed by atoms with Gasteiger partial charge >= 0.3 is 0 Å². The van der Waals surface area contributed by atoms with Crippen LogP contribution in [0.4, 0.5) is 0 Å². The van der Waals surface area contributed by atoms with E-state index in [-0.39, 0.29) is 5.91 Å². The van der Waals surface area contributed by atoms with Gasteiger partial charge in [0.25, 0.3) is 5.91 Å². The van der Waals surface area contributed by atoms with Crippen LogP contribution in [0, 0.1) is 0 Å². The second kappa shape index (κ2) is 7.39. The standard InChI is InChI=1S/C20H27BrN6O/c1-24-8-10-25(11-9-24)14-4-6-26(7-5-14)20(28)18-17-16(21)12-27(15-2-3-15)19(17)23-13-22-18/h12-15H,2-11H2,1H3. The van der Waals surface area contributed by atoms with Crippen LogP contribution in [0.3, 0.4) is 0 Å². The van der Waals surface area contributed by atoms with E-state index >= 15 is 0 Å². The third-order valence-corrected chi connectivity index (χ3v) is 7.11. The summed E-state index contributed by atoms with van der Waals surface area (Å²) in [6.45, 7) is 6.19. The Bertz CT molecular complexity index is 878. The summed E-state index contributed by atoms with van der Waals surface area (Å²) < 4.78 is 3.11. The van der Waals surface area contributed by atoms with Gasteiger partial charge in [0.2, 0.25) is 0 Å². The molecule has 0 aromatic carbocycles. The molecular formula is C20H27BrN6O. The summed E-state index contributed by atoms with van der Waals surface area (Å²) in [6, 6.07) is 1.12. The zero-order chi connectivity index (χ0) is 19.3. The fourth-order valence-corrected chi connectivity index (χ4v) is 5.19. The van der Waals surface area contributed by atoms with E-state index in [9.17, 15) is 4.79 Å². The van der Waals surface area contributed by atoms with Gasteiger partial charge in [0.15, 0.2) is 0 Å². The summed E-state index contributed by atoms with van der Waals surface area (Å²) in [5.74, 6) is 0.0403. The Morgan fingerprint density at radius 3 is 2.39 bits per heavy atom. The molecule has 3 aliphatic rings. The van der Waals surface area contributed by atoms with E-state index in [1.165, 1.54) is 19.2 Å². The Balaban J connectivity index is 1.31. The molecule has 1 amide bonds. The van der Waals surface area contributed by atoms with Gasteiger partial charge in [0.05, 0.1) is 5.39 Å². The SMILES string of the molecule is CN1CCN(C2CCN(C(=O)c3ncnc4c3c(Br)cn4C3CC3)CC2)CC1. The summed E-state index contributed by atoms with van der Waals surface area (Å²) >= 11 is 3.64. The average molecular weight is 447 g/mol. The first-order chi connectivity index (χ1) is 13.6. The normalized spacial score (nSPS) is 22.9. The van der Waals surface area contributed by atoms with Crippen molar-refractivity contribution in [2.24, 2.45) is 0 Å². The summed E-state index contributed by atoms with van der Waals surface area (Å²) in [5, 5.41) is 0.862. The van der Waals surface area contributed by atoms with Crippen molar-refractivity contribution in [3.8, 4) is 0 Å². The molecular weight excluding hydrogens is 420 g/mol. The maximum Gasteiger partial charge on any atom is 0.273 e. The molecule has 0 atom stereocenters. The smallest absolute Gasteiger partial charge is 0.273 e. The van der Waals surface area contributed by atoms with Crippen LogP contribution >= 0.6 is 15.9 Å². The van der Waals surface area contributed by atoms with E-state index in [4.69, 9.17) is 0 Å². The van der Waals surface area contributed by atoms with Crippen LogP contribution in [-0.2, 0) is 0 Å². The highest BCUT2D eigenvalue weighted by molar-refractivity contribution is 9.10. The van der Waals surface area contributed by atoms with Gasteiger partial charge < -0.3 is 14.4 Å². The Hall–Kier alpha value is -1.51. The lowest BCUT2D eigenvalue weighted by Gasteiger charge is -2.42. The number of likely N-dealkylation sites (N-methyl/N-ethyl adjacent to an activating group) is 1. The highest BCUT2D eigenvalue weighted by atomic mass is 79.9. The third kappa shape index (κ3) is 3.35. The van der Waals surface area contributed by atoms with Crippen LogP contribution in [0.2, 0.25) is 0 Å². The van der Waals surface area contributed by atoms with Gasteiger partial charge in [-0.05, 0) is 48.7 Å². The monoisotopic (exact) mass is 446 g/mol. The minimum atomic E-state index is 0.0403. The first-order valence-corrected chi connectivity index (χ1v) is 11.1. The van der Waals surface area contributed by atoms with Crippen molar-refractivity contribution in [2.45, 2.75) is 37.8 Å². The molecule has 0 bridgehead atoms. The van der Waals surface area contributed by atoms with Crippen molar-refractivity contribution in [3.05, 3.63) is 22.7 Å². The third-order valence-electron chi connectivity index (χ3n) is 6.51.